The quantitative estimate of drug-likeness (QED) is 0.319. The number of hydrogen-bond acceptors (Lipinski definition) is 7. The largest absolute Gasteiger partial charge is 0.459 e. The summed E-state index contributed by atoms with van der Waals surface area (Å²) in [4.78, 5) is 40.4. The number of rotatable bonds is 8. The monoisotopic (exact) mass is 506 g/mol. The van der Waals surface area contributed by atoms with Gasteiger partial charge in [-0.2, -0.15) is 0 Å². The molecule has 196 valence electrons. The lowest BCUT2D eigenvalue weighted by molar-refractivity contribution is -0.160. The van der Waals surface area contributed by atoms with Gasteiger partial charge < -0.3 is 19.5 Å². The highest BCUT2D eigenvalue weighted by molar-refractivity contribution is 6.78. The molecule has 0 bridgehead atoms. The van der Waals surface area contributed by atoms with Crippen LogP contribution in [0.3, 0.4) is 0 Å². The Labute approximate surface area is 210 Å². The summed E-state index contributed by atoms with van der Waals surface area (Å²) in [6.45, 7) is 15.9. The highest BCUT2D eigenvalue weighted by atomic mass is 28.3. The molecule has 0 spiro atoms. The summed E-state index contributed by atoms with van der Waals surface area (Å²) in [5.41, 5.74) is -0.423. The van der Waals surface area contributed by atoms with Crippen molar-refractivity contribution in [2.24, 2.45) is 0 Å². The molecule has 1 fully saturated rings. The molecule has 1 aromatic carbocycles. The van der Waals surface area contributed by atoms with Crippen LogP contribution in [0.5, 0.6) is 0 Å². The van der Waals surface area contributed by atoms with Gasteiger partial charge in [0, 0.05) is 6.54 Å². The predicted molar refractivity (Wildman–Crippen MR) is 138 cm³/mol. The molecule has 2 atom stereocenters. The van der Waals surface area contributed by atoms with Crippen LogP contribution in [0.2, 0.25) is 19.1 Å². The van der Waals surface area contributed by atoms with Gasteiger partial charge in [0.05, 0.1) is 8.07 Å². The van der Waals surface area contributed by atoms with Crippen molar-refractivity contribution in [1.29, 1.82) is 0 Å². The van der Waals surface area contributed by atoms with Gasteiger partial charge in [0.1, 0.15) is 29.9 Å². The molecule has 1 saturated heterocycles. The normalized spacial score (nSPS) is 19.0. The fourth-order valence-electron chi connectivity index (χ4n) is 4.04. The van der Waals surface area contributed by atoms with Crippen LogP contribution in [-0.4, -0.2) is 67.0 Å². The number of amides is 1. The van der Waals surface area contributed by atoms with Gasteiger partial charge in [0.2, 0.25) is 0 Å². The summed E-state index contributed by atoms with van der Waals surface area (Å²) >= 11 is 0. The SMILES string of the molecule is CC(C)(C)OC(=O)C1C[Si](C)(C)CN1CC[C@H](NC(=O)OCc1ccccc1)C(=O)OC(C)(C)C. The van der Waals surface area contributed by atoms with Crippen molar-refractivity contribution >= 4 is 26.1 Å². The molecule has 0 aliphatic carbocycles. The molecule has 2 rings (SSSR count). The number of alkyl carbamates (subject to hydrolysis) is 1. The van der Waals surface area contributed by atoms with E-state index in [1.54, 1.807) is 20.8 Å². The van der Waals surface area contributed by atoms with Crippen molar-refractivity contribution < 1.29 is 28.6 Å². The van der Waals surface area contributed by atoms with Crippen molar-refractivity contribution in [3.8, 4) is 0 Å². The second kappa shape index (κ2) is 11.6. The number of ether oxygens (including phenoxy) is 3. The van der Waals surface area contributed by atoms with Crippen LogP contribution in [0, 0.1) is 0 Å². The molecule has 0 aromatic heterocycles. The van der Waals surface area contributed by atoms with Crippen molar-refractivity contribution in [2.75, 3.05) is 12.7 Å². The molecule has 1 unspecified atom stereocenters. The van der Waals surface area contributed by atoms with E-state index in [0.717, 1.165) is 17.8 Å². The Balaban J connectivity index is 2.07. The van der Waals surface area contributed by atoms with Gasteiger partial charge >= 0.3 is 18.0 Å². The van der Waals surface area contributed by atoms with Crippen molar-refractivity contribution in [3.63, 3.8) is 0 Å². The van der Waals surface area contributed by atoms with E-state index in [0.29, 0.717) is 13.0 Å². The van der Waals surface area contributed by atoms with E-state index in [4.69, 9.17) is 14.2 Å². The Kier molecular flexibility index (Phi) is 9.53. The first kappa shape index (κ1) is 28.8. The molecular formula is C26H42N2O6Si. The number of nitrogens with zero attached hydrogens (tertiary/aromatic N) is 1. The number of hydrogen-bond donors (Lipinski definition) is 1. The van der Waals surface area contributed by atoms with Crippen LogP contribution >= 0.6 is 0 Å². The van der Waals surface area contributed by atoms with Gasteiger partial charge in [-0.1, -0.05) is 43.4 Å². The second-order valence-electron chi connectivity index (χ2n) is 12.0. The Bertz CT molecular complexity index is 876. The molecule has 0 saturated carbocycles. The smallest absolute Gasteiger partial charge is 0.408 e. The summed E-state index contributed by atoms with van der Waals surface area (Å²) in [6, 6.07) is 8.87. The number of nitrogens with one attached hydrogen (secondary N) is 1. The molecule has 9 heteroatoms. The van der Waals surface area contributed by atoms with Crippen LogP contribution in [-0.2, 0) is 30.4 Å². The highest BCUT2D eigenvalue weighted by Gasteiger charge is 2.44. The molecule has 1 aliphatic heterocycles. The Hall–Kier alpha value is -2.39. The molecule has 8 nitrogen and oxygen atoms in total. The number of carbonyl (C=O) groups excluding carboxylic acids is 3. The maximum atomic E-state index is 12.9. The lowest BCUT2D eigenvalue weighted by atomic mass is 10.1. The van der Waals surface area contributed by atoms with E-state index in [1.165, 1.54) is 0 Å². The minimum atomic E-state index is -1.63. The van der Waals surface area contributed by atoms with E-state index in [9.17, 15) is 14.4 Å². The molecular weight excluding hydrogens is 464 g/mol. The van der Waals surface area contributed by atoms with Gasteiger partial charge in [-0.25, -0.2) is 9.59 Å². The maximum Gasteiger partial charge on any atom is 0.408 e. The zero-order valence-electron chi connectivity index (χ0n) is 22.5. The molecule has 1 amide bonds. The van der Waals surface area contributed by atoms with Gasteiger partial charge in [0.25, 0.3) is 0 Å². The zero-order chi connectivity index (χ0) is 26.4. The minimum Gasteiger partial charge on any atom is -0.459 e. The van der Waals surface area contributed by atoms with E-state index in [2.05, 4.69) is 23.3 Å². The topological polar surface area (TPSA) is 94.2 Å². The number of benzene rings is 1. The van der Waals surface area contributed by atoms with Gasteiger partial charge in [-0.3, -0.25) is 9.69 Å². The molecule has 1 heterocycles. The third-order valence-corrected chi connectivity index (χ3v) is 8.15. The summed E-state index contributed by atoms with van der Waals surface area (Å²) in [5.74, 6) is -0.765. The molecule has 1 N–H and O–H groups in total. The molecule has 1 aromatic rings. The van der Waals surface area contributed by atoms with Crippen LogP contribution in [0.4, 0.5) is 4.79 Å². The standard InChI is InChI=1S/C26H42N2O6Si/c1-25(2,3)33-22(29)20(27-24(31)32-16-19-12-10-9-11-13-19)14-15-28-18-35(7,8)17-21(28)23(30)34-26(4,5)6/h9-13,20-21H,14-18H2,1-8H3,(H,27,31)/t20-,21?/m0/s1. The van der Waals surface area contributed by atoms with Crippen molar-refractivity contribution in [1.82, 2.24) is 10.2 Å². The molecule has 35 heavy (non-hydrogen) atoms. The Morgan fingerprint density at radius 3 is 2.20 bits per heavy atom. The van der Waals surface area contributed by atoms with Gasteiger partial charge in [0.15, 0.2) is 0 Å². The maximum absolute atomic E-state index is 12.9. The highest BCUT2D eigenvalue weighted by Crippen LogP contribution is 2.29. The second-order valence-corrected chi connectivity index (χ2v) is 17.0. The summed E-state index contributed by atoms with van der Waals surface area (Å²) in [5, 5.41) is 2.67. The van der Waals surface area contributed by atoms with E-state index in [1.807, 2.05) is 51.1 Å². The van der Waals surface area contributed by atoms with Crippen LogP contribution in [0.1, 0.15) is 53.5 Å². The summed E-state index contributed by atoms with van der Waals surface area (Å²) in [7, 11) is -1.63. The van der Waals surface area contributed by atoms with E-state index in [-0.39, 0.29) is 18.6 Å². The number of esters is 2. The van der Waals surface area contributed by atoms with Crippen LogP contribution in [0.15, 0.2) is 30.3 Å². The fourth-order valence-corrected chi connectivity index (χ4v) is 7.12. The van der Waals surface area contributed by atoms with Crippen molar-refractivity contribution in [2.45, 2.75) is 97.0 Å². The predicted octanol–water partition coefficient (Wildman–Crippen LogP) is 4.29. The van der Waals surface area contributed by atoms with E-state index >= 15 is 0 Å². The van der Waals surface area contributed by atoms with Crippen LogP contribution in [0.25, 0.3) is 0 Å². The summed E-state index contributed by atoms with van der Waals surface area (Å²) < 4.78 is 16.5. The van der Waals surface area contributed by atoms with E-state index < -0.39 is 37.4 Å². The molecule has 0 radical (unpaired) electrons. The first-order valence-corrected chi connectivity index (χ1v) is 15.6. The van der Waals surface area contributed by atoms with Gasteiger partial charge in [-0.05, 0) is 65.7 Å². The van der Waals surface area contributed by atoms with Crippen molar-refractivity contribution in [3.05, 3.63) is 35.9 Å². The van der Waals surface area contributed by atoms with Crippen LogP contribution < -0.4 is 5.32 Å². The Morgan fingerprint density at radius 2 is 1.63 bits per heavy atom. The minimum absolute atomic E-state index is 0.0976. The zero-order valence-corrected chi connectivity index (χ0v) is 23.5. The molecule has 1 aliphatic rings. The third kappa shape index (κ3) is 10.4. The van der Waals surface area contributed by atoms with Gasteiger partial charge in [-0.15, -0.1) is 0 Å². The average Bonchev–Trinajstić information content (AvgIpc) is 3.02. The lowest BCUT2D eigenvalue weighted by Gasteiger charge is -2.29. The Morgan fingerprint density at radius 1 is 1.03 bits per heavy atom. The fraction of sp³-hybridized carbons (Fsp3) is 0.654. The summed E-state index contributed by atoms with van der Waals surface area (Å²) in [6.07, 6.45) is 0.416. The lowest BCUT2D eigenvalue weighted by Crippen LogP contribution is -2.47. The first-order chi connectivity index (χ1) is 16.0. The first-order valence-electron chi connectivity index (χ1n) is 12.2. The number of carbonyl (C=O) groups is 3. The average molecular weight is 507 g/mol. The third-order valence-electron chi connectivity index (χ3n) is 5.40.